The Bertz CT molecular complexity index is 768. The van der Waals surface area contributed by atoms with Crippen LogP contribution in [-0.4, -0.2) is 16.6 Å². The molecule has 4 rings (SSSR count). The topological polar surface area (TPSA) is 35.0 Å². The Balaban J connectivity index is 1.85. The number of hydrogen-bond donors (Lipinski definition) is 0. The zero-order valence-electron chi connectivity index (χ0n) is 10.3. The zero-order valence-corrected chi connectivity index (χ0v) is 10.3. The first-order chi connectivity index (χ1) is 9.40. The molecule has 0 spiro atoms. The minimum absolute atomic E-state index is 0.780. The Labute approximate surface area is 110 Å². The van der Waals surface area contributed by atoms with Crippen LogP contribution in [0.2, 0.25) is 0 Å². The molecule has 0 saturated carbocycles. The minimum atomic E-state index is 0.780. The molecule has 92 valence electrons. The fourth-order valence-electron chi connectivity index (χ4n) is 2.44. The van der Waals surface area contributed by atoms with Crippen LogP contribution in [0, 0.1) is 0 Å². The van der Waals surface area contributed by atoms with Gasteiger partial charge in [0.2, 0.25) is 0 Å². The van der Waals surface area contributed by atoms with Crippen LogP contribution in [0.5, 0.6) is 5.75 Å². The Morgan fingerprint density at radius 3 is 2.84 bits per heavy atom. The molecule has 2 aromatic carbocycles. The van der Waals surface area contributed by atoms with Crippen molar-refractivity contribution in [3.63, 3.8) is 0 Å². The molecule has 1 aliphatic rings. The minimum Gasteiger partial charge on any atom is -0.493 e. The van der Waals surface area contributed by atoms with Crippen molar-refractivity contribution < 1.29 is 4.74 Å². The van der Waals surface area contributed by atoms with Crippen molar-refractivity contribution in [2.24, 2.45) is 0 Å². The van der Waals surface area contributed by atoms with Crippen molar-refractivity contribution in [1.82, 2.24) is 9.97 Å². The van der Waals surface area contributed by atoms with E-state index in [0.717, 1.165) is 41.1 Å². The second kappa shape index (κ2) is 4.05. The monoisotopic (exact) mass is 248 g/mol. The first-order valence-corrected chi connectivity index (χ1v) is 6.38. The number of aromatic nitrogens is 2. The first kappa shape index (κ1) is 10.5. The maximum absolute atomic E-state index is 5.52. The molecule has 0 bridgehead atoms. The molecule has 0 N–H and O–H groups in total. The van der Waals surface area contributed by atoms with Crippen molar-refractivity contribution in [3.8, 4) is 17.0 Å². The van der Waals surface area contributed by atoms with E-state index in [1.807, 2.05) is 42.6 Å². The van der Waals surface area contributed by atoms with Crippen molar-refractivity contribution in [1.29, 1.82) is 0 Å². The van der Waals surface area contributed by atoms with E-state index >= 15 is 0 Å². The first-order valence-electron chi connectivity index (χ1n) is 6.38. The van der Waals surface area contributed by atoms with Gasteiger partial charge in [0.05, 0.1) is 29.5 Å². The van der Waals surface area contributed by atoms with Crippen molar-refractivity contribution in [3.05, 3.63) is 54.2 Å². The molecule has 3 nitrogen and oxygen atoms in total. The molecule has 0 saturated heterocycles. The van der Waals surface area contributed by atoms with Gasteiger partial charge in [-0.3, -0.25) is 4.98 Å². The SMILES string of the molecule is c1ccc2nc(-c3ccc4c(c3)CCO4)cnc2c1. The van der Waals surface area contributed by atoms with Gasteiger partial charge in [0.1, 0.15) is 5.75 Å². The molecule has 19 heavy (non-hydrogen) atoms. The third-order valence-corrected chi connectivity index (χ3v) is 3.43. The number of benzene rings is 2. The van der Waals surface area contributed by atoms with Crippen LogP contribution < -0.4 is 4.74 Å². The predicted octanol–water partition coefficient (Wildman–Crippen LogP) is 3.23. The summed E-state index contributed by atoms with van der Waals surface area (Å²) in [5.41, 5.74) is 5.12. The van der Waals surface area contributed by atoms with Crippen LogP contribution >= 0.6 is 0 Å². The van der Waals surface area contributed by atoms with E-state index in [0.29, 0.717) is 0 Å². The largest absolute Gasteiger partial charge is 0.493 e. The van der Waals surface area contributed by atoms with Gasteiger partial charge in [-0.25, -0.2) is 4.98 Å². The molecule has 1 aromatic heterocycles. The van der Waals surface area contributed by atoms with E-state index in [9.17, 15) is 0 Å². The second-order valence-electron chi connectivity index (χ2n) is 4.66. The lowest BCUT2D eigenvalue weighted by Gasteiger charge is -2.04. The summed E-state index contributed by atoms with van der Waals surface area (Å²) in [5, 5.41) is 0. The lowest BCUT2D eigenvalue weighted by Crippen LogP contribution is -1.89. The number of nitrogens with zero attached hydrogens (tertiary/aromatic N) is 2. The van der Waals surface area contributed by atoms with Crippen molar-refractivity contribution in [2.45, 2.75) is 6.42 Å². The van der Waals surface area contributed by atoms with E-state index in [2.05, 4.69) is 16.0 Å². The second-order valence-corrected chi connectivity index (χ2v) is 4.66. The van der Waals surface area contributed by atoms with E-state index in [1.165, 1.54) is 5.56 Å². The molecule has 0 atom stereocenters. The molecule has 1 aliphatic heterocycles. The third kappa shape index (κ3) is 1.74. The van der Waals surface area contributed by atoms with Crippen LogP contribution in [0.1, 0.15) is 5.56 Å². The average Bonchev–Trinajstić information content (AvgIpc) is 2.94. The van der Waals surface area contributed by atoms with Gasteiger partial charge in [-0.2, -0.15) is 0 Å². The summed E-state index contributed by atoms with van der Waals surface area (Å²) in [5.74, 6) is 0.998. The summed E-state index contributed by atoms with van der Waals surface area (Å²) in [6.45, 7) is 0.780. The molecule has 0 fully saturated rings. The van der Waals surface area contributed by atoms with E-state index in [4.69, 9.17) is 4.74 Å². The zero-order chi connectivity index (χ0) is 12.7. The third-order valence-electron chi connectivity index (χ3n) is 3.43. The maximum atomic E-state index is 5.52. The highest BCUT2D eigenvalue weighted by atomic mass is 16.5. The molecule has 0 unspecified atom stereocenters. The molecule has 2 heterocycles. The smallest absolute Gasteiger partial charge is 0.122 e. The number of rotatable bonds is 1. The highest BCUT2D eigenvalue weighted by Crippen LogP contribution is 2.29. The van der Waals surface area contributed by atoms with E-state index in [1.54, 1.807) is 0 Å². The van der Waals surface area contributed by atoms with Crippen LogP contribution in [0.25, 0.3) is 22.3 Å². The summed E-state index contributed by atoms with van der Waals surface area (Å²) >= 11 is 0. The molecular formula is C16H12N2O. The maximum Gasteiger partial charge on any atom is 0.122 e. The van der Waals surface area contributed by atoms with Crippen LogP contribution in [-0.2, 0) is 6.42 Å². The standard InChI is InChI=1S/C16H12N2O/c1-2-4-14-13(3-1)17-10-15(18-14)11-5-6-16-12(9-11)7-8-19-16/h1-6,9-10H,7-8H2. The number of ether oxygens (including phenoxy) is 1. The fourth-order valence-corrected chi connectivity index (χ4v) is 2.44. The molecule has 0 aliphatic carbocycles. The quantitative estimate of drug-likeness (QED) is 0.663. The Hall–Kier alpha value is -2.42. The lowest BCUT2D eigenvalue weighted by molar-refractivity contribution is 0.357. The van der Waals surface area contributed by atoms with Gasteiger partial charge < -0.3 is 4.74 Å². The van der Waals surface area contributed by atoms with Gasteiger partial charge in [0.25, 0.3) is 0 Å². The highest BCUT2D eigenvalue weighted by Gasteiger charge is 2.13. The van der Waals surface area contributed by atoms with Gasteiger partial charge in [0, 0.05) is 12.0 Å². The Morgan fingerprint density at radius 2 is 1.89 bits per heavy atom. The fraction of sp³-hybridized carbons (Fsp3) is 0.125. The number of fused-ring (bicyclic) bond motifs is 2. The van der Waals surface area contributed by atoms with Gasteiger partial charge in [-0.1, -0.05) is 12.1 Å². The van der Waals surface area contributed by atoms with Crippen LogP contribution in [0.4, 0.5) is 0 Å². The summed E-state index contributed by atoms with van der Waals surface area (Å²) in [6.07, 6.45) is 2.81. The Morgan fingerprint density at radius 1 is 1.00 bits per heavy atom. The molecular weight excluding hydrogens is 236 g/mol. The number of hydrogen-bond acceptors (Lipinski definition) is 3. The van der Waals surface area contributed by atoms with Crippen molar-refractivity contribution in [2.75, 3.05) is 6.61 Å². The summed E-state index contributed by atoms with van der Waals surface area (Å²) in [7, 11) is 0. The van der Waals surface area contributed by atoms with Crippen molar-refractivity contribution >= 4 is 11.0 Å². The summed E-state index contributed by atoms with van der Waals surface area (Å²) < 4.78 is 5.52. The van der Waals surface area contributed by atoms with Crippen LogP contribution in [0.15, 0.2) is 48.7 Å². The van der Waals surface area contributed by atoms with Gasteiger partial charge in [-0.15, -0.1) is 0 Å². The van der Waals surface area contributed by atoms with E-state index in [-0.39, 0.29) is 0 Å². The Kier molecular flexibility index (Phi) is 2.24. The normalized spacial score (nSPS) is 13.3. The summed E-state index contributed by atoms with van der Waals surface area (Å²) in [6, 6.07) is 14.1. The molecule has 0 radical (unpaired) electrons. The van der Waals surface area contributed by atoms with Gasteiger partial charge in [-0.05, 0) is 35.9 Å². The van der Waals surface area contributed by atoms with Gasteiger partial charge in [0.15, 0.2) is 0 Å². The number of para-hydroxylation sites is 2. The lowest BCUT2D eigenvalue weighted by atomic mass is 10.1. The summed E-state index contributed by atoms with van der Waals surface area (Å²) in [4.78, 5) is 9.12. The molecule has 3 heteroatoms. The van der Waals surface area contributed by atoms with Gasteiger partial charge >= 0.3 is 0 Å². The molecule has 0 amide bonds. The van der Waals surface area contributed by atoms with E-state index < -0.39 is 0 Å². The highest BCUT2D eigenvalue weighted by molar-refractivity contribution is 5.77. The predicted molar refractivity (Wildman–Crippen MR) is 74.2 cm³/mol. The molecule has 3 aromatic rings. The van der Waals surface area contributed by atoms with Crippen LogP contribution in [0.3, 0.4) is 0 Å². The average molecular weight is 248 g/mol.